The minimum absolute atomic E-state index is 0.0158. The first-order valence-corrected chi connectivity index (χ1v) is 8.39. The fourth-order valence-corrected chi connectivity index (χ4v) is 2.93. The largest absolute Gasteiger partial charge is 0.494 e. The molecule has 0 aliphatic carbocycles. The second kappa shape index (κ2) is 7.39. The van der Waals surface area contributed by atoms with Crippen LogP contribution in [0.5, 0.6) is 11.5 Å². The molecule has 0 N–H and O–H groups in total. The number of hydrogen-bond acceptors (Lipinski definition) is 3. The Morgan fingerprint density at radius 1 is 1.21 bits per heavy atom. The lowest BCUT2D eigenvalue weighted by Gasteiger charge is -2.22. The van der Waals surface area contributed by atoms with Gasteiger partial charge in [-0.05, 0) is 37.6 Å². The molecule has 2 aromatic carbocycles. The molecular weight excluding hydrogens is 302 g/mol. The molecule has 1 aliphatic heterocycles. The van der Waals surface area contributed by atoms with Gasteiger partial charge in [0.2, 0.25) is 5.91 Å². The second-order valence-electron chi connectivity index (χ2n) is 6.06. The molecule has 0 radical (unpaired) electrons. The first-order chi connectivity index (χ1) is 11.7. The van der Waals surface area contributed by atoms with Crippen molar-refractivity contribution < 1.29 is 14.3 Å². The molecule has 0 aromatic heterocycles. The molecule has 0 saturated heterocycles. The molecule has 3 rings (SSSR count). The number of para-hydroxylation sites is 1. The zero-order chi connectivity index (χ0) is 16.9. The normalized spacial score (nSPS) is 16.8. The molecule has 1 amide bonds. The van der Waals surface area contributed by atoms with E-state index in [0.717, 1.165) is 22.6 Å². The van der Waals surface area contributed by atoms with Crippen molar-refractivity contribution in [2.24, 2.45) is 0 Å². The van der Waals surface area contributed by atoms with Gasteiger partial charge in [-0.2, -0.15) is 0 Å². The quantitative estimate of drug-likeness (QED) is 0.864. The number of ether oxygens (including phenoxy) is 2. The van der Waals surface area contributed by atoms with Gasteiger partial charge >= 0.3 is 0 Å². The smallest absolute Gasteiger partial charge is 0.227 e. The number of rotatable bonds is 4. The fraction of sp³-hybridized carbons (Fsp3) is 0.350. The highest BCUT2D eigenvalue weighted by Gasteiger charge is 2.23. The van der Waals surface area contributed by atoms with Crippen molar-refractivity contribution in [2.75, 3.05) is 13.2 Å². The zero-order valence-electron chi connectivity index (χ0n) is 14.2. The molecule has 4 nitrogen and oxygen atoms in total. The van der Waals surface area contributed by atoms with Gasteiger partial charge in [-0.1, -0.05) is 30.3 Å². The Morgan fingerprint density at radius 3 is 2.71 bits per heavy atom. The van der Waals surface area contributed by atoms with Gasteiger partial charge in [0.15, 0.2) is 0 Å². The standard InChI is InChI=1S/C20H23NO3/c1-3-23-18-10-8-16(9-11-18)12-20(22)21-13-15(2)24-19-7-5-4-6-17(19)14-21/h4-11,15H,3,12-14H2,1-2H3. The monoisotopic (exact) mass is 325 g/mol. The van der Waals surface area contributed by atoms with E-state index in [1.165, 1.54) is 0 Å². The van der Waals surface area contributed by atoms with E-state index in [2.05, 4.69) is 0 Å². The Bertz CT molecular complexity index is 696. The predicted molar refractivity (Wildman–Crippen MR) is 93.3 cm³/mol. The second-order valence-corrected chi connectivity index (χ2v) is 6.06. The van der Waals surface area contributed by atoms with Crippen LogP contribution in [0.1, 0.15) is 25.0 Å². The van der Waals surface area contributed by atoms with Crippen molar-refractivity contribution in [1.29, 1.82) is 0 Å². The zero-order valence-corrected chi connectivity index (χ0v) is 14.2. The Hall–Kier alpha value is -2.49. The number of carbonyl (C=O) groups excluding carboxylic acids is 1. The van der Waals surface area contributed by atoms with Crippen LogP contribution >= 0.6 is 0 Å². The Morgan fingerprint density at radius 2 is 1.96 bits per heavy atom. The number of fused-ring (bicyclic) bond motifs is 1. The molecule has 0 saturated carbocycles. The minimum Gasteiger partial charge on any atom is -0.494 e. The highest BCUT2D eigenvalue weighted by molar-refractivity contribution is 5.79. The molecule has 1 atom stereocenters. The fourth-order valence-electron chi connectivity index (χ4n) is 2.93. The molecule has 0 bridgehead atoms. The van der Waals surface area contributed by atoms with Gasteiger partial charge in [-0.3, -0.25) is 4.79 Å². The van der Waals surface area contributed by atoms with Gasteiger partial charge in [0.05, 0.1) is 19.6 Å². The molecule has 1 aliphatic rings. The van der Waals surface area contributed by atoms with E-state index in [9.17, 15) is 4.79 Å². The average Bonchev–Trinajstić information content (AvgIpc) is 2.75. The minimum atomic E-state index is -0.0158. The van der Waals surface area contributed by atoms with Gasteiger partial charge in [0, 0.05) is 12.1 Å². The summed E-state index contributed by atoms with van der Waals surface area (Å²) in [5.74, 6) is 1.83. The lowest BCUT2D eigenvalue weighted by atomic mass is 10.1. The van der Waals surface area contributed by atoms with Crippen LogP contribution in [0.3, 0.4) is 0 Å². The number of benzene rings is 2. The van der Waals surface area contributed by atoms with E-state index < -0.39 is 0 Å². The van der Waals surface area contributed by atoms with E-state index >= 15 is 0 Å². The van der Waals surface area contributed by atoms with Crippen LogP contribution in [-0.4, -0.2) is 30.1 Å². The Labute approximate surface area is 143 Å². The van der Waals surface area contributed by atoms with Crippen LogP contribution in [0.4, 0.5) is 0 Å². The summed E-state index contributed by atoms with van der Waals surface area (Å²) in [6.07, 6.45) is 0.374. The van der Waals surface area contributed by atoms with Crippen molar-refractivity contribution in [3.05, 3.63) is 59.7 Å². The molecule has 24 heavy (non-hydrogen) atoms. The highest BCUT2D eigenvalue weighted by atomic mass is 16.5. The van der Waals surface area contributed by atoms with Gasteiger partial charge in [0.1, 0.15) is 17.6 Å². The topological polar surface area (TPSA) is 38.8 Å². The first kappa shape index (κ1) is 16.4. The van der Waals surface area contributed by atoms with Crippen LogP contribution in [-0.2, 0) is 17.8 Å². The molecule has 0 fully saturated rings. The Kier molecular flexibility index (Phi) is 5.04. The molecule has 1 unspecified atom stereocenters. The van der Waals surface area contributed by atoms with Gasteiger partial charge in [0.25, 0.3) is 0 Å². The summed E-state index contributed by atoms with van der Waals surface area (Å²) in [5.41, 5.74) is 2.05. The van der Waals surface area contributed by atoms with Crippen LogP contribution in [0.25, 0.3) is 0 Å². The summed E-state index contributed by atoms with van der Waals surface area (Å²) in [5, 5.41) is 0. The number of carbonyl (C=O) groups is 1. The van der Waals surface area contributed by atoms with E-state index in [1.807, 2.05) is 67.3 Å². The summed E-state index contributed by atoms with van der Waals surface area (Å²) in [6, 6.07) is 15.7. The summed E-state index contributed by atoms with van der Waals surface area (Å²) in [4.78, 5) is 14.6. The molecular formula is C20H23NO3. The van der Waals surface area contributed by atoms with Gasteiger partial charge in [-0.25, -0.2) is 0 Å². The highest BCUT2D eigenvalue weighted by Crippen LogP contribution is 2.25. The predicted octanol–water partition coefficient (Wildman–Crippen LogP) is 3.44. The van der Waals surface area contributed by atoms with Gasteiger partial charge in [-0.15, -0.1) is 0 Å². The molecule has 4 heteroatoms. The third-order valence-corrected chi connectivity index (χ3v) is 4.08. The van der Waals surface area contributed by atoms with Crippen molar-refractivity contribution in [1.82, 2.24) is 4.90 Å². The van der Waals surface area contributed by atoms with E-state index in [4.69, 9.17) is 9.47 Å². The van der Waals surface area contributed by atoms with E-state index in [0.29, 0.717) is 26.1 Å². The summed E-state index contributed by atoms with van der Waals surface area (Å²) >= 11 is 0. The van der Waals surface area contributed by atoms with E-state index in [-0.39, 0.29) is 12.0 Å². The lowest BCUT2D eigenvalue weighted by Crippen LogP contribution is -2.36. The number of amides is 1. The number of hydrogen-bond donors (Lipinski definition) is 0. The molecule has 1 heterocycles. The van der Waals surface area contributed by atoms with Crippen molar-refractivity contribution in [3.8, 4) is 11.5 Å². The maximum atomic E-state index is 12.7. The van der Waals surface area contributed by atoms with Crippen molar-refractivity contribution >= 4 is 5.91 Å². The maximum Gasteiger partial charge on any atom is 0.227 e. The van der Waals surface area contributed by atoms with Gasteiger partial charge < -0.3 is 14.4 Å². The maximum absolute atomic E-state index is 12.7. The molecule has 2 aromatic rings. The van der Waals surface area contributed by atoms with E-state index in [1.54, 1.807) is 0 Å². The van der Waals surface area contributed by atoms with Crippen LogP contribution in [0.15, 0.2) is 48.5 Å². The summed E-state index contributed by atoms with van der Waals surface area (Å²) < 4.78 is 11.4. The third kappa shape index (κ3) is 3.88. The van der Waals surface area contributed by atoms with Crippen LogP contribution < -0.4 is 9.47 Å². The Balaban J connectivity index is 1.70. The van der Waals surface area contributed by atoms with Crippen molar-refractivity contribution in [3.63, 3.8) is 0 Å². The lowest BCUT2D eigenvalue weighted by molar-refractivity contribution is -0.131. The molecule has 0 spiro atoms. The van der Waals surface area contributed by atoms with Crippen molar-refractivity contribution in [2.45, 2.75) is 32.9 Å². The third-order valence-electron chi connectivity index (χ3n) is 4.08. The summed E-state index contributed by atoms with van der Waals surface area (Å²) in [6.45, 7) is 5.79. The SMILES string of the molecule is CCOc1ccc(CC(=O)N2Cc3ccccc3OC(C)C2)cc1. The van der Waals surface area contributed by atoms with Crippen LogP contribution in [0.2, 0.25) is 0 Å². The first-order valence-electron chi connectivity index (χ1n) is 8.39. The molecule has 126 valence electrons. The van der Waals surface area contributed by atoms with Crippen LogP contribution in [0, 0.1) is 0 Å². The summed E-state index contributed by atoms with van der Waals surface area (Å²) in [7, 11) is 0. The number of nitrogens with zero attached hydrogens (tertiary/aromatic N) is 1. The average molecular weight is 325 g/mol.